The Balaban J connectivity index is 3.82. The molecular weight excluding hydrogens is 192 g/mol. The highest BCUT2D eigenvalue weighted by Gasteiger charge is 2.22. The van der Waals surface area contributed by atoms with Gasteiger partial charge in [-0.25, -0.2) is 0 Å². The van der Waals surface area contributed by atoms with Gasteiger partial charge in [-0.15, -0.1) is 0 Å². The minimum absolute atomic E-state index is 0.0793. The molecule has 1 unspecified atom stereocenters. The molecular formula is C12H24O3. The van der Waals surface area contributed by atoms with Crippen LogP contribution in [-0.2, 0) is 14.3 Å². The van der Waals surface area contributed by atoms with E-state index in [1.54, 1.807) is 7.11 Å². The number of ether oxygens (including phenoxy) is 2. The largest absolute Gasteiger partial charge is 0.463 e. The van der Waals surface area contributed by atoms with E-state index in [0.717, 1.165) is 19.3 Å². The second-order valence-corrected chi connectivity index (χ2v) is 4.57. The molecule has 0 aromatic heterocycles. The van der Waals surface area contributed by atoms with Crippen LogP contribution in [0.15, 0.2) is 0 Å². The molecule has 90 valence electrons. The fraction of sp³-hybridized carbons (Fsp3) is 0.917. The number of hydrogen-bond donors (Lipinski definition) is 0. The SMILES string of the molecule is CCCCC(=O)OC(C)CC(C)(C)OC. The first-order valence-electron chi connectivity index (χ1n) is 5.66. The fourth-order valence-corrected chi connectivity index (χ4v) is 1.42. The summed E-state index contributed by atoms with van der Waals surface area (Å²) < 4.78 is 10.6. The Morgan fingerprint density at radius 3 is 2.47 bits per heavy atom. The molecule has 0 amide bonds. The van der Waals surface area contributed by atoms with E-state index in [4.69, 9.17) is 9.47 Å². The molecule has 0 aromatic carbocycles. The van der Waals surface area contributed by atoms with E-state index in [-0.39, 0.29) is 17.7 Å². The van der Waals surface area contributed by atoms with Crippen LogP contribution < -0.4 is 0 Å². The zero-order valence-corrected chi connectivity index (χ0v) is 10.6. The van der Waals surface area contributed by atoms with Crippen molar-refractivity contribution in [2.75, 3.05) is 7.11 Å². The Morgan fingerprint density at radius 1 is 1.40 bits per heavy atom. The first-order chi connectivity index (χ1) is 6.91. The summed E-state index contributed by atoms with van der Waals surface area (Å²) in [5.41, 5.74) is -0.232. The maximum Gasteiger partial charge on any atom is 0.306 e. The molecule has 0 aliphatic carbocycles. The first kappa shape index (κ1) is 14.4. The van der Waals surface area contributed by atoms with Gasteiger partial charge in [-0.3, -0.25) is 4.79 Å². The van der Waals surface area contributed by atoms with E-state index in [1.807, 2.05) is 20.8 Å². The number of unbranched alkanes of at least 4 members (excludes halogenated alkanes) is 1. The number of methoxy groups -OCH3 is 1. The van der Waals surface area contributed by atoms with Crippen molar-refractivity contribution < 1.29 is 14.3 Å². The number of hydrogen-bond acceptors (Lipinski definition) is 3. The number of carbonyl (C=O) groups is 1. The molecule has 0 radical (unpaired) electrons. The van der Waals surface area contributed by atoms with Gasteiger partial charge in [-0.1, -0.05) is 13.3 Å². The van der Waals surface area contributed by atoms with Crippen molar-refractivity contribution in [3.63, 3.8) is 0 Å². The van der Waals surface area contributed by atoms with Crippen molar-refractivity contribution in [2.24, 2.45) is 0 Å². The minimum atomic E-state index is -0.232. The molecule has 0 fully saturated rings. The van der Waals surface area contributed by atoms with Crippen LogP contribution in [0.5, 0.6) is 0 Å². The maximum absolute atomic E-state index is 11.3. The van der Waals surface area contributed by atoms with E-state index in [9.17, 15) is 4.79 Å². The molecule has 0 saturated carbocycles. The standard InChI is InChI=1S/C12H24O3/c1-6-7-8-11(13)15-10(2)9-12(3,4)14-5/h10H,6-9H2,1-5H3. The van der Waals surface area contributed by atoms with Crippen LogP contribution in [0, 0.1) is 0 Å². The molecule has 3 nitrogen and oxygen atoms in total. The second-order valence-electron chi connectivity index (χ2n) is 4.57. The maximum atomic E-state index is 11.3. The van der Waals surface area contributed by atoms with Gasteiger partial charge in [0.25, 0.3) is 0 Å². The van der Waals surface area contributed by atoms with E-state index in [0.29, 0.717) is 6.42 Å². The Bertz CT molecular complexity index is 187. The summed E-state index contributed by atoms with van der Waals surface area (Å²) in [7, 11) is 1.67. The van der Waals surface area contributed by atoms with Gasteiger partial charge in [0.2, 0.25) is 0 Å². The first-order valence-corrected chi connectivity index (χ1v) is 5.66. The van der Waals surface area contributed by atoms with Gasteiger partial charge in [0, 0.05) is 20.0 Å². The minimum Gasteiger partial charge on any atom is -0.463 e. The lowest BCUT2D eigenvalue weighted by molar-refractivity contribution is -0.151. The lowest BCUT2D eigenvalue weighted by Crippen LogP contribution is -2.30. The number of rotatable bonds is 7. The third-order valence-electron chi connectivity index (χ3n) is 2.40. The van der Waals surface area contributed by atoms with Crippen LogP contribution in [0.3, 0.4) is 0 Å². The molecule has 0 aliphatic heterocycles. The summed E-state index contributed by atoms with van der Waals surface area (Å²) in [5.74, 6) is -0.101. The van der Waals surface area contributed by atoms with Crippen LogP contribution >= 0.6 is 0 Å². The van der Waals surface area contributed by atoms with Gasteiger partial charge >= 0.3 is 5.97 Å². The molecule has 15 heavy (non-hydrogen) atoms. The molecule has 0 N–H and O–H groups in total. The number of esters is 1. The highest BCUT2D eigenvalue weighted by molar-refractivity contribution is 5.69. The summed E-state index contributed by atoms with van der Waals surface area (Å²) >= 11 is 0. The molecule has 0 aliphatic rings. The predicted octanol–water partition coefficient (Wildman–Crippen LogP) is 2.92. The van der Waals surface area contributed by atoms with E-state index < -0.39 is 0 Å². The monoisotopic (exact) mass is 216 g/mol. The van der Waals surface area contributed by atoms with Gasteiger partial charge < -0.3 is 9.47 Å². The fourth-order valence-electron chi connectivity index (χ4n) is 1.42. The normalized spacial score (nSPS) is 13.7. The third-order valence-corrected chi connectivity index (χ3v) is 2.40. The van der Waals surface area contributed by atoms with Crippen LogP contribution in [0.2, 0.25) is 0 Å². The third kappa shape index (κ3) is 7.37. The molecule has 0 spiro atoms. The lowest BCUT2D eigenvalue weighted by Gasteiger charge is -2.26. The Kier molecular flexibility index (Phi) is 6.57. The predicted molar refractivity (Wildman–Crippen MR) is 60.8 cm³/mol. The average Bonchev–Trinajstić information content (AvgIpc) is 2.13. The quantitative estimate of drug-likeness (QED) is 0.614. The van der Waals surface area contributed by atoms with E-state index in [1.165, 1.54) is 0 Å². The molecule has 3 heteroatoms. The Hall–Kier alpha value is -0.570. The highest BCUT2D eigenvalue weighted by atomic mass is 16.5. The lowest BCUT2D eigenvalue weighted by atomic mass is 10.0. The molecule has 0 bridgehead atoms. The molecule has 0 heterocycles. The second kappa shape index (κ2) is 6.83. The van der Waals surface area contributed by atoms with Crippen molar-refractivity contribution in [1.82, 2.24) is 0 Å². The summed E-state index contributed by atoms with van der Waals surface area (Å²) in [6.07, 6.45) is 3.09. The Morgan fingerprint density at radius 2 is 2.00 bits per heavy atom. The molecule has 0 aromatic rings. The van der Waals surface area contributed by atoms with E-state index in [2.05, 4.69) is 6.92 Å². The summed E-state index contributed by atoms with van der Waals surface area (Å²) in [5, 5.41) is 0. The van der Waals surface area contributed by atoms with Gasteiger partial charge in [-0.2, -0.15) is 0 Å². The average molecular weight is 216 g/mol. The van der Waals surface area contributed by atoms with Crippen molar-refractivity contribution in [2.45, 2.75) is 65.1 Å². The zero-order valence-electron chi connectivity index (χ0n) is 10.6. The van der Waals surface area contributed by atoms with Gasteiger partial charge in [0.1, 0.15) is 6.10 Å². The Labute approximate surface area is 93.1 Å². The van der Waals surface area contributed by atoms with Crippen molar-refractivity contribution in [1.29, 1.82) is 0 Å². The molecule has 1 atom stereocenters. The summed E-state index contributed by atoms with van der Waals surface area (Å²) in [6.45, 7) is 7.95. The zero-order chi connectivity index (χ0) is 11.9. The number of carbonyl (C=O) groups excluding carboxylic acids is 1. The molecule has 0 saturated heterocycles. The van der Waals surface area contributed by atoms with E-state index >= 15 is 0 Å². The highest BCUT2D eigenvalue weighted by Crippen LogP contribution is 2.17. The van der Waals surface area contributed by atoms with Crippen LogP contribution in [0.4, 0.5) is 0 Å². The van der Waals surface area contributed by atoms with Gasteiger partial charge in [-0.05, 0) is 27.2 Å². The van der Waals surface area contributed by atoms with Crippen molar-refractivity contribution in [3.8, 4) is 0 Å². The summed E-state index contributed by atoms with van der Waals surface area (Å²) in [4.78, 5) is 11.3. The van der Waals surface area contributed by atoms with Gasteiger partial charge in [0.05, 0.1) is 5.60 Å². The smallest absolute Gasteiger partial charge is 0.306 e. The topological polar surface area (TPSA) is 35.5 Å². The van der Waals surface area contributed by atoms with Crippen LogP contribution in [-0.4, -0.2) is 24.8 Å². The van der Waals surface area contributed by atoms with Crippen LogP contribution in [0.1, 0.15) is 53.4 Å². The van der Waals surface area contributed by atoms with Crippen molar-refractivity contribution >= 4 is 5.97 Å². The van der Waals surface area contributed by atoms with Crippen molar-refractivity contribution in [3.05, 3.63) is 0 Å². The molecule has 0 rings (SSSR count). The van der Waals surface area contributed by atoms with Crippen LogP contribution in [0.25, 0.3) is 0 Å². The summed E-state index contributed by atoms with van der Waals surface area (Å²) in [6, 6.07) is 0. The van der Waals surface area contributed by atoms with Gasteiger partial charge in [0.15, 0.2) is 0 Å².